The standard InChI is InChI=1S/C35H40F3N5O4/c1-3-25-28(37)7-6-21-14-23(44)15-26(29(21)25)31-30(38)32-27(17-39-31)33(42-10-5-12-46-24(19-42)8-13-45-2)41-34(40-32)47-20-35-9-4-11-43(35)18-22(36)16-35/h6-7,14-15,17,22,24,44H,3-5,8-13,16,18-20H2,1-2H3/t22-,24?,35+/m1/s1. The van der Waals surface area contributed by atoms with Crippen LogP contribution in [0, 0.1) is 11.6 Å². The molecule has 4 aromatic rings. The van der Waals surface area contributed by atoms with E-state index < -0.39 is 23.3 Å². The van der Waals surface area contributed by atoms with E-state index in [1.807, 2.05) is 11.8 Å². The smallest absolute Gasteiger partial charge is 0.319 e. The first-order valence-corrected chi connectivity index (χ1v) is 16.5. The summed E-state index contributed by atoms with van der Waals surface area (Å²) in [5.74, 6) is -0.777. The van der Waals surface area contributed by atoms with Crippen LogP contribution in [0.2, 0.25) is 0 Å². The maximum Gasteiger partial charge on any atom is 0.319 e. The van der Waals surface area contributed by atoms with Gasteiger partial charge in [-0.1, -0.05) is 13.0 Å². The fraction of sp³-hybridized carbons (Fsp3) is 0.514. The molecule has 9 nitrogen and oxygen atoms in total. The number of anilines is 1. The minimum Gasteiger partial charge on any atom is -0.508 e. The van der Waals surface area contributed by atoms with Crippen LogP contribution in [0.3, 0.4) is 0 Å². The molecule has 12 heteroatoms. The Hall–Kier alpha value is -3.74. The highest BCUT2D eigenvalue weighted by molar-refractivity contribution is 6.01. The number of ether oxygens (including phenoxy) is 3. The van der Waals surface area contributed by atoms with E-state index in [9.17, 15) is 13.9 Å². The minimum atomic E-state index is -0.922. The Morgan fingerprint density at radius 3 is 2.83 bits per heavy atom. The number of nitrogens with zero attached hydrogens (tertiary/aromatic N) is 5. The molecular formula is C35H40F3N5O4. The summed E-state index contributed by atoms with van der Waals surface area (Å²) in [7, 11) is 1.65. The predicted molar refractivity (Wildman–Crippen MR) is 173 cm³/mol. The van der Waals surface area contributed by atoms with Crippen molar-refractivity contribution >= 4 is 27.5 Å². The van der Waals surface area contributed by atoms with Crippen LogP contribution < -0.4 is 9.64 Å². The Bertz CT molecular complexity index is 1790. The number of methoxy groups -OCH3 is 1. The number of aromatic nitrogens is 3. The van der Waals surface area contributed by atoms with Crippen molar-refractivity contribution in [2.24, 2.45) is 0 Å². The van der Waals surface area contributed by atoms with Crippen molar-refractivity contribution in [3.8, 4) is 23.0 Å². The van der Waals surface area contributed by atoms with E-state index in [1.54, 1.807) is 13.2 Å². The molecule has 0 saturated carbocycles. The lowest BCUT2D eigenvalue weighted by Crippen LogP contribution is -2.43. The first-order chi connectivity index (χ1) is 22.8. The van der Waals surface area contributed by atoms with Crippen molar-refractivity contribution < 1.29 is 32.5 Å². The molecule has 2 aromatic carbocycles. The number of pyridine rings is 1. The average Bonchev–Trinajstić information content (AvgIpc) is 3.48. The Labute approximate surface area is 271 Å². The number of alkyl halides is 1. The van der Waals surface area contributed by atoms with Gasteiger partial charge in [0, 0.05) is 58.1 Å². The van der Waals surface area contributed by atoms with Gasteiger partial charge in [0.25, 0.3) is 0 Å². The third-order valence-corrected chi connectivity index (χ3v) is 9.93. The molecule has 1 N–H and O–H groups in total. The summed E-state index contributed by atoms with van der Waals surface area (Å²) in [4.78, 5) is 18.2. The molecule has 2 aromatic heterocycles. The Morgan fingerprint density at radius 1 is 1.13 bits per heavy atom. The molecule has 3 fully saturated rings. The molecule has 5 heterocycles. The summed E-state index contributed by atoms with van der Waals surface area (Å²) in [5, 5.41) is 12.0. The van der Waals surface area contributed by atoms with Gasteiger partial charge in [0.1, 0.15) is 41.4 Å². The van der Waals surface area contributed by atoms with Crippen LogP contribution in [0.25, 0.3) is 32.9 Å². The van der Waals surface area contributed by atoms with E-state index in [0.29, 0.717) is 79.7 Å². The lowest BCUT2D eigenvalue weighted by atomic mass is 9.94. The number of halogens is 3. The van der Waals surface area contributed by atoms with E-state index in [4.69, 9.17) is 19.2 Å². The number of aryl methyl sites for hydroxylation is 1. The van der Waals surface area contributed by atoms with Crippen LogP contribution in [0.5, 0.6) is 11.8 Å². The summed E-state index contributed by atoms with van der Waals surface area (Å²) in [6, 6.07) is 5.85. The normalized spacial score (nSPS) is 23.5. The van der Waals surface area contributed by atoms with Gasteiger partial charge in [-0.3, -0.25) is 9.88 Å². The van der Waals surface area contributed by atoms with Crippen LogP contribution in [-0.2, 0) is 15.9 Å². The molecule has 7 rings (SSSR count). The van der Waals surface area contributed by atoms with Crippen LogP contribution >= 0.6 is 0 Å². The molecule has 3 saturated heterocycles. The van der Waals surface area contributed by atoms with Crippen molar-refractivity contribution in [3.05, 3.63) is 47.7 Å². The van der Waals surface area contributed by atoms with E-state index in [1.165, 1.54) is 24.4 Å². The highest BCUT2D eigenvalue weighted by Gasteiger charge is 2.49. The molecule has 3 atom stereocenters. The minimum absolute atomic E-state index is 0.00452. The summed E-state index contributed by atoms with van der Waals surface area (Å²) in [6.45, 7) is 5.41. The van der Waals surface area contributed by atoms with Gasteiger partial charge < -0.3 is 24.2 Å². The SMILES string of the molecule is CCc1c(F)ccc2cc(O)cc(-c3ncc4c(N5CCCOC(CCOC)C5)nc(OC[C@@]56CCCN5C[C@H](F)C6)nc4c3F)c12. The Kier molecular flexibility index (Phi) is 8.84. The highest BCUT2D eigenvalue weighted by Crippen LogP contribution is 2.42. The zero-order chi connectivity index (χ0) is 32.7. The first kappa shape index (κ1) is 31.8. The molecule has 47 heavy (non-hydrogen) atoms. The van der Waals surface area contributed by atoms with Crippen molar-refractivity contribution in [2.75, 3.05) is 58.0 Å². The third kappa shape index (κ3) is 5.95. The molecule has 1 unspecified atom stereocenters. The highest BCUT2D eigenvalue weighted by atomic mass is 19.1. The third-order valence-electron chi connectivity index (χ3n) is 9.93. The van der Waals surface area contributed by atoms with Crippen molar-refractivity contribution in [2.45, 2.75) is 63.3 Å². The Balaban J connectivity index is 1.36. The fourth-order valence-corrected chi connectivity index (χ4v) is 7.71. The van der Waals surface area contributed by atoms with Gasteiger partial charge in [-0.25, -0.2) is 13.2 Å². The molecule has 3 aliphatic heterocycles. The van der Waals surface area contributed by atoms with Crippen LogP contribution in [0.4, 0.5) is 19.0 Å². The second-order valence-corrected chi connectivity index (χ2v) is 12.9. The number of aromatic hydroxyl groups is 1. The van der Waals surface area contributed by atoms with Crippen molar-refractivity contribution in [3.63, 3.8) is 0 Å². The van der Waals surface area contributed by atoms with Gasteiger partial charge in [-0.2, -0.15) is 9.97 Å². The molecule has 0 radical (unpaired) electrons. The lowest BCUT2D eigenvalue weighted by molar-refractivity contribution is 0.0428. The van der Waals surface area contributed by atoms with Crippen LogP contribution in [0.15, 0.2) is 30.5 Å². The predicted octanol–water partition coefficient (Wildman–Crippen LogP) is 5.98. The number of fused-ring (bicyclic) bond motifs is 3. The van der Waals surface area contributed by atoms with Gasteiger partial charge in [0.2, 0.25) is 0 Å². The van der Waals surface area contributed by atoms with Crippen LogP contribution in [0.1, 0.15) is 44.6 Å². The monoisotopic (exact) mass is 651 g/mol. The second-order valence-electron chi connectivity index (χ2n) is 12.9. The van der Waals surface area contributed by atoms with Gasteiger partial charge >= 0.3 is 6.01 Å². The molecule has 0 bridgehead atoms. The number of benzene rings is 2. The van der Waals surface area contributed by atoms with Crippen molar-refractivity contribution in [1.82, 2.24) is 19.9 Å². The molecule has 3 aliphatic rings. The van der Waals surface area contributed by atoms with Gasteiger partial charge in [0.05, 0.1) is 17.0 Å². The van der Waals surface area contributed by atoms with Gasteiger partial charge in [0.15, 0.2) is 5.82 Å². The van der Waals surface area contributed by atoms with Crippen LogP contribution in [-0.4, -0.2) is 95.9 Å². The molecule has 250 valence electrons. The average molecular weight is 652 g/mol. The maximum absolute atomic E-state index is 16.9. The number of rotatable bonds is 9. The summed E-state index contributed by atoms with van der Waals surface area (Å²) in [6.07, 6.45) is 4.40. The van der Waals surface area contributed by atoms with Gasteiger partial charge in [-0.15, -0.1) is 0 Å². The molecule has 0 aliphatic carbocycles. The number of phenolic OH excluding ortho intramolecular Hbond substituents is 1. The van der Waals surface area contributed by atoms with E-state index in [-0.39, 0.29) is 41.2 Å². The van der Waals surface area contributed by atoms with Crippen molar-refractivity contribution in [1.29, 1.82) is 0 Å². The quantitative estimate of drug-likeness (QED) is 0.235. The number of hydrogen-bond acceptors (Lipinski definition) is 9. The Morgan fingerprint density at radius 2 is 2.00 bits per heavy atom. The summed E-state index contributed by atoms with van der Waals surface area (Å²) < 4.78 is 64.0. The van der Waals surface area contributed by atoms with E-state index in [0.717, 1.165) is 25.8 Å². The lowest BCUT2D eigenvalue weighted by Gasteiger charge is -2.31. The largest absolute Gasteiger partial charge is 0.508 e. The molecule has 0 amide bonds. The first-order valence-electron chi connectivity index (χ1n) is 16.5. The number of hydrogen-bond donors (Lipinski definition) is 1. The van der Waals surface area contributed by atoms with E-state index in [2.05, 4.69) is 14.9 Å². The van der Waals surface area contributed by atoms with E-state index >= 15 is 4.39 Å². The van der Waals surface area contributed by atoms with Gasteiger partial charge in [-0.05, 0) is 73.2 Å². The zero-order valence-electron chi connectivity index (χ0n) is 26.8. The topological polar surface area (TPSA) is 93.1 Å². The molecular weight excluding hydrogens is 611 g/mol. The summed E-state index contributed by atoms with van der Waals surface area (Å²) in [5.41, 5.74) is 0.156. The maximum atomic E-state index is 16.9. The summed E-state index contributed by atoms with van der Waals surface area (Å²) >= 11 is 0. The fourth-order valence-electron chi connectivity index (χ4n) is 7.71. The molecule has 0 spiro atoms. The zero-order valence-corrected chi connectivity index (χ0v) is 26.8. The second kappa shape index (κ2) is 13.0. The number of phenols is 1.